The van der Waals surface area contributed by atoms with Crippen molar-refractivity contribution < 1.29 is 23.2 Å². The Morgan fingerprint density at radius 2 is 1.88 bits per heavy atom. The van der Waals surface area contributed by atoms with Crippen molar-refractivity contribution >= 4 is 18.1 Å². The summed E-state index contributed by atoms with van der Waals surface area (Å²) in [7, 11) is 3.67. The molecule has 0 aromatic heterocycles. The molecule has 2 amide bonds. The Labute approximate surface area is 202 Å². The third kappa shape index (κ3) is 10.7. The third-order valence-electron chi connectivity index (χ3n) is 5.84. The van der Waals surface area contributed by atoms with Crippen LogP contribution in [0, 0.1) is 5.41 Å². The fourth-order valence-corrected chi connectivity index (χ4v) is 3.64. The molecule has 2 N–H and O–H groups in total. The van der Waals surface area contributed by atoms with Crippen LogP contribution in [0.2, 0.25) is 0 Å². The number of hydrogen-bond donors (Lipinski definition) is 2. The maximum Gasteiger partial charge on any atom is 0.315 e. The van der Waals surface area contributed by atoms with Gasteiger partial charge in [-0.05, 0) is 50.9 Å². The number of alkyl halides is 2. The second-order valence-electron chi connectivity index (χ2n) is 9.67. The van der Waals surface area contributed by atoms with Gasteiger partial charge >= 0.3 is 6.43 Å². The van der Waals surface area contributed by atoms with Crippen LogP contribution < -0.4 is 10.6 Å². The largest absolute Gasteiger partial charge is 0.345 e. The fraction of sp³-hybridized carbons (Fsp3) is 0.640. The molecule has 9 heteroatoms. The highest BCUT2D eigenvalue weighted by molar-refractivity contribution is 5.81. The van der Waals surface area contributed by atoms with Crippen LogP contribution in [-0.2, 0) is 20.8 Å². The van der Waals surface area contributed by atoms with Crippen LogP contribution in [0.5, 0.6) is 0 Å². The summed E-state index contributed by atoms with van der Waals surface area (Å²) in [4.78, 5) is 37.0. The molecule has 0 saturated carbocycles. The summed E-state index contributed by atoms with van der Waals surface area (Å²) in [5.41, 5.74) is 0.829. The molecule has 0 aliphatic carbocycles. The first-order valence-corrected chi connectivity index (χ1v) is 11.7. The normalized spacial score (nSPS) is 17.0. The number of likely N-dealkylation sites (N-methyl/N-ethyl adjacent to an activating group) is 2. The van der Waals surface area contributed by atoms with Crippen molar-refractivity contribution in [2.75, 3.05) is 40.3 Å². The number of carbonyl (C=O) groups excluding carboxylic acids is 3. The number of nitrogens with one attached hydrogen (secondary N) is 2. The maximum absolute atomic E-state index is 12.8. The lowest BCUT2D eigenvalue weighted by atomic mass is 9.88. The quantitative estimate of drug-likeness (QED) is 0.501. The third-order valence-corrected chi connectivity index (χ3v) is 5.84. The zero-order chi connectivity index (χ0) is 25.7. The molecule has 1 saturated heterocycles. The summed E-state index contributed by atoms with van der Waals surface area (Å²) in [5.74, 6) is -1.21. The molecular weight excluding hydrogens is 442 g/mol. The van der Waals surface area contributed by atoms with Gasteiger partial charge in [0, 0.05) is 19.1 Å². The van der Waals surface area contributed by atoms with E-state index in [-0.39, 0.29) is 23.9 Å². The highest BCUT2D eigenvalue weighted by Crippen LogP contribution is 2.18. The van der Waals surface area contributed by atoms with Crippen LogP contribution in [-0.4, -0.2) is 86.7 Å². The molecule has 1 aromatic carbocycles. The van der Waals surface area contributed by atoms with Gasteiger partial charge in [-0.25, -0.2) is 0 Å². The van der Waals surface area contributed by atoms with Crippen molar-refractivity contribution in [2.24, 2.45) is 5.41 Å². The van der Waals surface area contributed by atoms with Crippen molar-refractivity contribution in [1.82, 2.24) is 20.4 Å². The topological polar surface area (TPSA) is 81.8 Å². The molecular formula is C25H40F2N4O3. The number of amides is 2. The van der Waals surface area contributed by atoms with Gasteiger partial charge in [0.15, 0.2) is 0 Å². The van der Waals surface area contributed by atoms with E-state index in [2.05, 4.69) is 15.5 Å². The van der Waals surface area contributed by atoms with Gasteiger partial charge in [-0.2, -0.15) is 8.78 Å². The number of nitrogens with zero attached hydrogens (tertiary/aromatic N) is 2. The Hall–Kier alpha value is -2.39. The van der Waals surface area contributed by atoms with Gasteiger partial charge in [0.2, 0.25) is 5.91 Å². The van der Waals surface area contributed by atoms with Crippen molar-refractivity contribution in [3.63, 3.8) is 0 Å². The standard InChI is InChI=1S/C16H22F2N2O.C9H18N2O2/c1-19-10-5-8-14(19)12-20(16(21)15(17)18)11-9-13-6-3-2-4-7-13;1-9(2,3)7(6-12)11-8(13)5-10-4/h2-4,6-7,14-15H,5,8-12H2,1H3;6-7,10H,5H2,1-4H3,(H,11,13). The second kappa shape index (κ2) is 14.8. The highest BCUT2D eigenvalue weighted by atomic mass is 19.3. The smallest absolute Gasteiger partial charge is 0.315 e. The molecule has 7 nitrogen and oxygen atoms in total. The molecule has 1 aromatic rings. The van der Waals surface area contributed by atoms with Crippen LogP contribution in [0.15, 0.2) is 30.3 Å². The maximum atomic E-state index is 12.8. The van der Waals surface area contributed by atoms with E-state index in [1.807, 2.05) is 58.2 Å². The SMILES string of the molecule is CN1CCCC1CN(CCc1ccccc1)C(=O)C(F)F.CNCC(=O)NC(C=O)C(C)(C)C. The van der Waals surface area contributed by atoms with E-state index >= 15 is 0 Å². The average molecular weight is 483 g/mol. The number of halogens is 2. The van der Waals surface area contributed by atoms with Gasteiger partial charge in [-0.15, -0.1) is 0 Å². The molecule has 192 valence electrons. The molecule has 2 rings (SSSR count). The van der Waals surface area contributed by atoms with Gasteiger partial charge in [0.25, 0.3) is 5.91 Å². The minimum Gasteiger partial charge on any atom is -0.345 e. The Morgan fingerprint density at radius 3 is 2.35 bits per heavy atom. The fourth-order valence-electron chi connectivity index (χ4n) is 3.64. The Morgan fingerprint density at radius 1 is 1.24 bits per heavy atom. The molecule has 2 unspecified atom stereocenters. The lowest BCUT2D eigenvalue weighted by Gasteiger charge is -2.29. The minimum atomic E-state index is -2.92. The van der Waals surface area contributed by atoms with Gasteiger partial charge in [0.05, 0.1) is 12.6 Å². The monoisotopic (exact) mass is 482 g/mol. The number of hydrogen-bond acceptors (Lipinski definition) is 5. The van der Waals surface area contributed by atoms with Crippen LogP contribution in [0.1, 0.15) is 39.2 Å². The average Bonchev–Trinajstić information content (AvgIpc) is 3.19. The minimum absolute atomic E-state index is 0.158. The molecule has 34 heavy (non-hydrogen) atoms. The predicted molar refractivity (Wildman–Crippen MR) is 130 cm³/mol. The van der Waals surface area contributed by atoms with E-state index < -0.39 is 18.4 Å². The zero-order valence-corrected chi connectivity index (χ0v) is 21.0. The van der Waals surface area contributed by atoms with Crippen molar-refractivity contribution in [3.05, 3.63) is 35.9 Å². The lowest BCUT2D eigenvalue weighted by molar-refractivity contribution is -0.143. The summed E-state index contributed by atoms with van der Waals surface area (Å²) >= 11 is 0. The number of benzene rings is 1. The van der Waals surface area contributed by atoms with Crippen LogP contribution in [0.25, 0.3) is 0 Å². The summed E-state index contributed by atoms with van der Waals surface area (Å²) < 4.78 is 25.5. The molecule has 2 atom stereocenters. The van der Waals surface area contributed by atoms with E-state index in [1.165, 1.54) is 4.90 Å². The molecule has 1 heterocycles. The highest BCUT2D eigenvalue weighted by Gasteiger charge is 2.29. The van der Waals surface area contributed by atoms with Gasteiger partial charge in [0.1, 0.15) is 6.29 Å². The van der Waals surface area contributed by atoms with Gasteiger partial charge < -0.3 is 25.2 Å². The molecule has 1 fully saturated rings. The van der Waals surface area contributed by atoms with E-state index in [1.54, 1.807) is 7.05 Å². The summed E-state index contributed by atoms with van der Waals surface area (Å²) in [5, 5.41) is 5.36. The van der Waals surface area contributed by atoms with E-state index in [9.17, 15) is 23.2 Å². The summed E-state index contributed by atoms with van der Waals surface area (Å²) in [6, 6.07) is 9.42. The number of aldehydes is 1. The first-order valence-electron chi connectivity index (χ1n) is 11.7. The second-order valence-corrected chi connectivity index (χ2v) is 9.67. The Bertz CT molecular complexity index is 756. The Kier molecular flexibility index (Phi) is 12.9. The molecule has 0 radical (unpaired) electrons. The van der Waals surface area contributed by atoms with Crippen LogP contribution >= 0.6 is 0 Å². The number of carbonyl (C=O) groups is 3. The summed E-state index contributed by atoms with van der Waals surface area (Å²) in [6.45, 7) is 7.67. The predicted octanol–water partition coefficient (Wildman–Crippen LogP) is 2.35. The van der Waals surface area contributed by atoms with Gasteiger partial charge in [-0.1, -0.05) is 51.1 Å². The van der Waals surface area contributed by atoms with E-state index in [4.69, 9.17) is 0 Å². The van der Waals surface area contributed by atoms with Crippen molar-refractivity contribution in [1.29, 1.82) is 0 Å². The molecule has 1 aliphatic heterocycles. The number of likely N-dealkylation sites (tertiary alicyclic amines) is 1. The first kappa shape index (κ1) is 29.6. The summed E-state index contributed by atoms with van der Waals surface area (Å²) in [6.07, 6.45) is 0.488. The zero-order valence-electron chi connectivity index (χ0n) is 21.0. The van der Waals surface area contributed by atoms with Crippen molar-refractivity contribution in [2.45, 2.75) is 58.5 Å². The molecule has 0 bridgehead atoms. The van der Waals surface area contributed by atoms with E-state index in [0.29, 0.717) is 19.5 Å². The van der Waals surface area contributed by atoms with Crippen molar-refractivity contribution in [3.8, 4) is 0 Å². The van der Waals surface area contributed by atoms with Gasteiger partial charge in [-0.3, -0.25) is 9.59 Å². The number of rotatable bonds is 10. The van der Waals surface area contributed by atoms with Crippen LogP contribution in [0.3, 0.4) is 0 Å². The van der Waals surface area contributed by atoms with Crippen LogP contribution in [0.4, 0.5) is 8.78 Å². The first-order chi connectivity index (χ1) is 16.0. The Balaban J connectivity index is 0.000000385. The molecule has 0 spiro atoms. The van der Waals surface area contributed by atoms with E-state index in [0.717, 1.165) is 31.2 Å². The lowest BCUT2D eigenvalue weighted by Crippen LogP contribution is -2.47. The molecule has 1 aliphatic rings.